The Balaban J connectivity index is 1.67. The van der Waals surface area contributed by atoms with Crippen LogP contribution in [0.1, 0.15) is 22.4 Å². The van der Waals surface area contributed by atoms with Crippen LogP contribution in [0.25, 0.3) is 5.57 Å². The van der Waals surface area contributed by atoms with E-state index < -0.39 is 0 Å². The smallest absolute Gasteiger partial charge is 0.161 e. The third kappa shape index (κ3) is 3.31. The lowest BCUT2D eigenvalue weighted by molar-refractivity contribution is 1.25. The predicted molar refractivity (Wildman–Crippen MR) is 100 cm³/mol. The number of nitrogens with one attached hydrogen (secondary N) is 1. The zero-order valence-corrected chi connectivity index (χ0v) is 13.3. The molecule has 0 bridgehead atoms. The molecule has 0 fully saturated rings. The van der Waals surface area contributed by atoms with E-state index in [1.807, 2.05) is 54.7 Å². The molecule has 1 aliphatic heterocycles. The van der Waals surface area contributed by atoms with Crippen molar-refractivity contribution >= 4 is 18.0 Å². The lowest BCUT2D eigenvalue weighted by Gasteiger charge is -2.07. The first-order chi connectivity index (χ1) is 12.4. The molecule has 0 saturated heterocycles. The maximum absolute atomic E-state index is 4.35. The summed E-state index contributed by atoms with van der Waals surface area (Å²) in [4.78, 5) is 15.9. The molecule has 2 aromatic heterocycles. The molecule has 3 aromatic rings. The van der Waals surface area contributed by atoms with Crippen molar-refractivity contribution in [1.82, 2.24) is 9.97 Å². The van der Waals surface area contributed by atoms with Crippen molar-refractivity contribution in [2.75, 3.05) is 0 Å². The van der Waals surface area contributed by atoms with Crippen LogP contribution < -0.4 is 0 Å². The van der Waals surface area contributed by atoms with E-state index in [1.54, 1.807) is 24.8 Å². The fourth-order valence-electron chi connectivity index (χ4n) is 2.56. The third-order valence-electron chi connectivity index (χ3n) is 3.76. The number of benzene rings is 1. The van der Waals surface area contributed by atoms with Gasteiger partial charge in [0.2, 0.25) is 0 Å². The van der Waals surface area contributed by atoms with E-state index in [0.717, 1.165) is 28.0 Å². The Hall–Kier alpha value is -3.71. The van der Waals surface area contributed by atoms with Gasteiger partial charge in [0.15, 0.2) is 5.82 Å². The summed E-state index contributed by atoms with van der Waals surface area (Å²) in [6.07, 6.45) is 8.78. The molecule has 0 saturated carbocycles. The normalized spacial score (nSPS) is 12.1. The van der Waals surface area contributed by atoms with Crippen molar-refractivity contribution in [1.29, 1.82) is 0 Å². The van der Waals surface area contributed by atoms with Crippen LogP contribution in [-0.2, 0) is 0 Å². The first-order valence-corrected chi connectivity index (χ1v) is 7.87. The minimum absolute atomic E-state index is 0.707. The molecule has 25 heavy (non-hydrogen) atoms. The third-order valence-corrected chi connectivity index (χ3v) is 3.76. The molecule has 0 spiro atoms. The van der Waals surface area contributed by atoms with Crippen LogP contribution in [0.3, 0.4) is 0 Å². The van der Waals surface area contributed by atoms with E-state index in [0.29, 0.717) is 5.82 Å². The van der Waals surface area contributed by atoms with Gasteiger partial charge in [-0.3, -0.25) is 4.98 Å². The Bertz CT molecular complexity index is 999. The van der Waals surface area contributed by atoms with Gasteiger partial charge in [0, 0.05) is 53.4 Å². The number of nitrogens with zero attached hydrogens (tertiary/aromatic N) is 3. The van der Waals surface area contributed by atoms with Crippen LogP contribution in [0.15, 0.2) is 82.9 Å². The van der Waals surface area contributed by atoms with E-state index in [9.17, 15) is 0 Å². The van der Waals surface area contributed by atoms with Crippen molar-refractivity contribution < 1.29 is 0 Å². The SMILES string of the molecule is C(#Cc1ccc(C(=C2N=CC=N2)c2ccc[nH]2)cc1)c1ccncc1. The Morgan fingerprint density at radius 2 is 1.48 bits per heavy atom. The monoisotopic (exact) mass is 322 g/mol. The molecular weight excluding hydrogens is 308 g/mol. The summed E-state index contributed by atoms with van der Waals surface area (Å²) in [5.41, 5.74) is 4.91. The molecule has 4 heteroatoms. The Labute approximate surface area is 145 Å². The van der Waals surface area contributed by atoms with Gasteiger partial charge in [0.25, 0.3) is 0 Å². The number of pyridine rings is 1. The van der Waals surface area contributed by atoms with E-state index >= 15 is 0 Å². The van der Waals surface area contributed by atoms with Gasteiger partial charge in [0.1, 0.15) is 0 Å². The summed E-state index contributed by atoms with van der Waals surface area (Å²) < 4.78 is 0. The Kier molecular flexibility index (Phi) is 4.05. The van der Waals surface area contributed by atoms with Crippen molar-refractivity contribution in [3.63, 3.8) is 0 Å². The molecule has 1 aliphatic rings. The highest BCUT2D eigenvalue weighted by atomic mass is 15.0. The van der Waals surface area contributed by atoms with Crippen molar-refractivity contribution in [2.24, 2.45) is 9.98 Å². The lowest BCUT2D eigenvalue weighted by Crippen LogP contribution is -1.92. The predicted octanol–water partition coefficient (Wildman–Crippen LogP) is 3.68. The molecule has 0 aliphatic carbocycles. The molecular formula is C21H14N4. The summed E-state index contributed by atoms with van der Waals surface area (Å²) >= 11 is 0. The molecule has 0 unspecified atom stereocenters. The number of rotatable bonds is 2. The topological polar surface area (TPSA) is 53.4 Å². The van der Waals surface area contributed by atoms with E-state index in [4.69, 9.17) is 0 Å². The van der Waals surface area contributed by atoms with Gasteiger partial charge < -0.3 is 4.98 Å². The number of hydrogen-bond donors (Lipinski definition) is 1. The van der Waals surface area contributed by atoms with Crippen LogP contribution >= 0.6 is 0 Å². The first kappa shape index (κ1) is 14.9. The lowest BCUT2D eigenvalue weighted by atomic mass is 10.0. The van der Waals surface area contributed by atoms with Crippen molar-refractivity contribution in [2.45, 2.75) is 0 Å². The van der Waals surface area contributed by atoms with Crippen LogP contribution in [0.4, 0.5) is 0 Å². The maximum Gasteiger partial charge on any atom is 0.161 e. The van der Waals surface area contributed by atoms with Crippen molar-refractivity contribution in [3.05, 3.63) is 95.3 Å². The Morgan fingerprint density at radius 3 is 2.12 bits per heavy atom. The van der Waals surface area contributed by atoms with Gasteiger partial charge >= 0.3 is 0 Å². The van der Waals surface area contributed by atoms with E-state index in [2.05, 4.69) is 31.8 Å². The zero-order valence-electron chi connectivity index (χ0n) is 13.3. The summed E-state index contributed by atoms with van der Waals surface area (Å²) in [5.74, 6) is 7.01. The van der Waals surface area contributed by atoms with E-state index in [1.165, 1.54) is 0 Å². The van der Waals surface area contributed by atoms with Crippen LogP contribution in [0.5, 0.6) is 0 Å². The standard InChI is InChI=1S/C21H14N4/c1-2-19(23-11-1)20(21-24-14-15-25-21)18-7-5-16(6-8-18)3-4-17-9-12-22-13-10-17/h1-2,5-15,23H. The number of H-pyrrole nitrogens is 1. The fraction of sp³-hybridized carbons (Fsp3) is 0. The summed E-state index contributed by atoms with van der Waals surface area (Å²) in [7, 11) is 0. The van der Waals surface area contributed by atoms with Gasteiger partial charge in [-0.25, -0.2) is 9.98 Å². The highest BCUT2D eigenvalue weighted by Crippen LogP contribution is 2.28. The second kappa shape index (κ2) is 6.81. The number of hydrogen-bond acceptors (Lipinski definition) is 3. The highest BCUT2D eigenvalue weighted by molar-refractivity contribution is 6.19. The molecule has 1 aromatic carbocycles. The largest absolute Gasteiger partial charge is 0.361 e. The van der Waals surface area contributed by atoms with Gasteiger partial charge in [-0.05, 0) is 42.0 Å². The molecule has 4 nitrogen and oxygen atoms in total. The molecule has 0 radical (unpaired) electrons. The van der Waals surface area contributed by atoms with Crippen LogP contribution in [-0.4, -0.2) is 22.4 Å². The fourth-order valence-corrected chi connectivity index (χ4v) is 2.56. The summed E-state index contributed by atoms with van der Waals surface area (Å²) in [6, 6.07) is 15.9. The summed E-state index contributed by atoms with van der Waals surface area (Å²) in [6.45, 7) is 0. The second-order valence-corrected chi connectivity index (χ2v) is 5.40. The van der Waals surface area contributed by atoms with Gasteiger partial charge in [-0.15, -0.1) is 0 Å². The summed E-state index contributed by atoms with van der Waals surface area (Å²) in [5, 5.41) is 0. The minimum Gasteiger partial charge on any atom is -0.361 e. The minimum atomic E-state index is 0.707. The Morgan fingerprint density at radius 1 is 0.800 bits per heavy atom. The van der Waals surface area contributed by atoms with E-state index in [-0.39, 0.29) is 0 Å². The molecule has 0 amide bonds. The molecule has 0 atom stereocenters. The van der Waals surface area contributed by atoms with Gasteiger partial charge in [0.05, 0.1) is 0 Å². The average Bonchev–Trinajstić information content (AvgIpc) is 3.37. The van der Waals surface area contributed by atoms with Crippen LogP contribution in [0, 0.1) is 11.8 Å². The number of aromatic nitrogens is 2. The molecule has 4 rings (SSSR count). The number of aromatic amines is 1. The average molecular weight is 322 g/mol. The van der Waals surface area contributed by atoms with Crippen molar-refractivity contribution in [3.8, 4) is 11.8 Å². The molecule has 1 N–H and O–H groups in total. The highest BCUT2D eigenvalue weighted by Gasteiger charge is 2.13. The molecule has 3 heterocycles. The molecule has 118 valence electrons. The quantitative estimate of drug-likeness (QED) is 0.719. The number of aliphatic imine (C=N–C) groups is 2. The zero-order chi connectivity index (χ0) is 16.9. The van der Waals surface area contributed by atoms with Crippen LogP contribution in [0.2, 0.25) is 0 Å². The second-order valence-electron chi connectivity index (χ2n) is 5.40. The van der Waals surface area contributed by atoms with Gasteiger partial charge in [-0.2, -0.15) is 0 Å². The maximum atomic E-state index is 4.35. The first-order valence-electron chi connectivity index (χ1n) is 7.87. The van der Waals surface area contributed by atoms with Gasteiger partial charge in [-0.1, -0.05) is 24.0 Å².